The molecule has 0 aliphatic carbocycles. The second kappa shape index (κ2) is 9.85. The van der Waals surface area contributed by atoms with Gasteiger partial charge in [0, 0.05) is 35.1 Å². The summed E-state index contributed by atoms with van der Waals surface area (Å²) < 4.78 is 12.4. The molecule has 1 fully saturated rings. The van der Waals surface area contributed by atoms with E-state index in [4.69, 9.17) is 25.7 Å². The lowest BCUT2D eigenvalue weighted by Gasteiger charge is -2.32. The van der Waals surface area contributed by atoms with Crippen molar-refractivity contribution in [2.75, 3.05) is 32.8 Å². The van der Waals surface area contributed by atoms with Crippen molar-refractivity contribution in [3.05, 3.63) is 93.6 Å². The second-order valence-electron chi connectivity index (χ2n) is 8.08. The van der Waals surface area contributed by atoms with Gasteiger partial charge in [0.2, 0.25) is 5.88 Å². The van der Waals surface area contributed by atoms with Crippen molar-refractivity contribution in [2.24, 2.45) is 4.99 Å². The number of fused-ring (bicyclic) bond motifs is 1. The van der Waals surface area contributed by atoms with E-state index in [0.717, 1.165) is 18.8 Å². The minimum Gasteiger partial charge on any atom is -0.494 e. The summed E-state index contributed by atoms with van der Waals surface area (Å²) in [4.78, 5) is 20.2. The number of hydrogen-bond donors (Lipinski definition) is 1. The monoisotopic (exact) mass is 477 g/mol. The molecule has 2 aromatic carbocycles. The van der Waals surface area contributed by atoms with E-state index in [2.05, 4.69) is 4.90 Å². The number of aromatic hydroxyl groups is 1. The summed E-state index contributed by atoms with van der Waals surface area (Å²) in [5, 5.41) is 12.8. The maximum atomic E-state index is 13.2. The fourth-order valence-electron chi connectivity index (χ4n) is 4.34. The van der Waals surface area contributed by atoms with Crippen LogP contribution in [0.2, 0.25) is 5.02 Å². The highest BCUT2D eigenvalue weighted by atomic mass is 35.5. The molecule has 7 nitrogen and oxygen atoms in total. The summed E-state index contributed by atoms with van der Waals surface area (Å²) in [6.45, 7) is 3.33. The molecule has 5 rings (SSSR count). The standard InChI is InChI=1S/C26H24ClN3O4/c27-18-5-3-6-19(15-18)30-25(31)21-8-2-1-7-20(21)22(26(30)32)16-28-17-23(24-9-4-12-34-24)29-10-13-33-14-11-29/h1-9,12,15-16,23,32H,10-11,13-14,17H2/t23-/m0/s1. The van der Waals surface area contributed by atoms with Crippen LogP contribution in [0.5, 0.6) is 5.88 Å². The molecule has 4 aromatic rings. The Morgan fingerprint density at radius 1 is 1.06 bits per heavy atom. The Bertz CT molecular complexity index is 1370. The molecule has 2 aromatic heterocycles. The van der Waals surface area contributed by atoms with Crippen molar-refractivity contribution < 1.29 is 14.3 Å². The van der Waals surface area contributed by atoms with Crippen LogP contribution < -0.4 is 5.56 Å². The summed E-state index contributed by atoms with van der Waals surface area (Å²) in [6, 6.07) is 17.8. The van der Waals surface area contributed by atoms with Crippen LogP contribution >= 0.6 is 11.6 Å². The molecule has 1 aliphatic rings. The van der Waals surface area contributed by atoms with E-state index in [1.54, 1.807) is 48.9 Å². The van der Waals surface area contributed by atoms with Crippen molar-refractivity contribution in [1.29, 1.82) is 0 Å². The zero-order chi connectivity index (χ0) is 23.5. The Balaban J connectivity index is 1.56. The van der Waals surface area contributed by atoms with Crippen LogP contribution in [0.4, 0.5) is 0 Å². The van der Waals surface area contributed by atoms with Crippen LogP contribution in [-0.4, -0.2) is 53.6 Å². The van der Waals surface area contributed by atoms with Crippen molar-refractivity contribution in [1.82, 2.24) is 9.47 Å². The third-order valence-corrected chi connectivity index (χ3v) is 6.26. The van der Waals surface area contributed by atoms with Gasteiger partial charge < -0.3 is 14.3 Å². The van der Waals surface area contributed by atoms with Gasteiger partial charge in [-0.2, -0.15) is 0 Å². The van der Waals surface area contributed by atoms with Gasteiger partial charge in [0.15, 0.2) is 0 Å². The molecule has 0 unspecified atom stereocenters. The lowest BCUT2D eigenvalue weighted by atomic mass is 10.1. The number of aliphatic imine (C=N–C) groups is 1. The van der Waals surface area contributed by atoms with Gasteiger partial charge in [-0.15, -0.1) is 0 Å². The summed E-state index contributed by atoms with van der Waals surface area (Å²) in [6.07, 6.45) is 3.29. The normalized spacial score (nSPS) is 15.8. The van der Waals surface area contributed by atoms with E-state index < -0.39 is 0 Å². The Morgan fingerprint density at radius 2 is 1.85 bits per heavy atom. The highest BCUT2D eigenvalue weighted by Gasteiger charge is 2.24. The Hall–Kier alpha value is -3.39. The van der Waals surface area contributed by atoms with Crippen LogP contribution in [-0.2, 0) is 4.74 Å². The molecule has 1 aliphatic heterocycles. The number of halogens is 1. The second-order valence-corrected chi connectivity index (χ2v) is 8.51. The van der Waals surface area contributed by atoms with Crippen LogP contribution in [0.3, 0.4) is 0 Å². The Kier molecular flexibility index (Phi) is 6.49. The van der Waals surface area contributed by atoms with Crippen molar-refractivity contribution in [2.45, 2.75) is 6.04 Å². The van der Waals surface area contributed by atoms with Gasteiger partial charge in [-0.3, -0.25) is 14.7 Å². The smallest absolute Gasteiger partial charge is 0.265 e. The molecule has 1 N–H and O–H groups in total. The van der Waals surface area contributed by atoms with E-state index in [1.807, 2.05) is 24.3 Å². The molecule has 0 bridgehead atoms. The zero-order valence-electron chi connectivity index (χ0n) is 18.4. The van der Waals surface area contributed by atoms with Crippen LogP contribution in [0.1, 0.15) is 17.4 Å². The molecule has 3 heterocycles. The van der Waals surface area contributed by atoms with Gasteiger partial charge >= 0.3 is 0 Å². The maximum Gasteiger partial charge on any atom is 0.265 e. The number of nitrogens with zero attached hydrogens (tertiary/aromatic N) is 3. The van der Waals surface area contributed by atoms with Crippen LogP contribution in [0, 0.1) is 0 Å². The molecular formula is C26H24ClN3O4. The average molecular weight is 478 g/mol. The van der Waals surface area contributed by atoms with E-state index in [9.17, 15) is 9.90 Å². The Morgan fingerprint density at radius 3 is 2.59 bits per heavy atom. The fourth-order valence-corrected chi connectivity index (χ4v) is 4.53. The van der Waals surface area contributed by atoms with E-state index in [0.29, 0.717) is 46.8 Å². The zero-order valence-corrected chi connectivity index (χ0v) is 19.2. The lowest BCUT2D eigenvalue weighted by Crippen LogP contribution is -2.40. The third kappa shape index (κ3) is 4.37. The van der Waals surface area contributed by atoms with Gasteiger partial charge in [0.1, 0.15) is 5.76 Å². The van der Waals surface area contributed by atoms with E-state index in [1.165, 1.54) is 4.57 Å². The summed E-state index contributed by atoms with van der Waals surface area (Å²) in [5.41, 5.74) is 0.627. The van der Waals surface area contributed by atoms with Crippen molar-refractivity contribution >= 4 is 28.6 Å². The predicted octanol–water partition coefficient (Wildman–Crippen LogP) is 4.44. The summed E-state index contributed by atoms with van der Waals surface area (Å²) >= 11 is 6.15. The number of hydrogen-bond acceptors (Lipinski definition) is 6. The first kappa shape index (κ1) is 22.4. The molecule has 0 radical (unpaired) electrons. The van der Waals surface area contributed by atoms with Gasteiger partial charge in [-0.25, -0.2) is 4.57 Å². The van der Waals surface area contributed by atoms with E-state index in [-0.39, 0.29) is 17.5 Å². The Labute approximate surface area is 201 Å². The lowest BCUT2D eigenvalue weighted by molar-refractivity contribution is 0.0137. The molecule has 8 heteroatoms. The van der Waals surface area contributed by atoms with Crippen molar-refractivity contribution in [3.8, 4) is 11.6 Å². The molecule has 0 amide bonds. The molecule has 0 spiro atoms. The molecule has 34 heavy (non-hydrogen) atoms. The number of rotatable bonds is 6. The van der Waals surface area contributed by atoms with Gasteiger partial charge in [0.25, 0.3) is 5.56 Å². The quantitative estimate of drug-likeness (QED) is 0.415. The fraction of sp³-hybridized carbons (Fsp3) is 0.231. The predicted molar refractivity (Wildman–Crippen MR) is 133 cm³/mol. The minimum atomic E-state index is -0.325. The van der Waals surface area contributed by atoms with Gasteiger partial charge in [-0.05, 0) is 36.4 Å². The first-order chi connectivity index (χ1) is 16.6. The highest BCUT2D eigenvalue weighted by Crippen LogP contribution is 2.28. The molecule has 1 atom stereocenters. The van der Waals surface area contributed by atoms with E-state index >= 15 is 0 Å². The number of aromatic nitrogens is 1. The SMILES string of the molecule is O=c1c2ccccc2c(C=NC[C@@H](c2ccco2)N2CCOCC2)c(O)n1-c1cccc(Cl)c1. The largest absolute Gasteiger partial charge is 0.494 e. The molecule has 1 saturated heterocycles. The number of furan rings is 1. The number of morpholine rings is 1. The topological polar surface area (TPSA) is 80.2 Å². The summed E-state index contributed by atoms with van der Waals surface area (Å²) in [5.74, 6) is 0.646. The number of benzene rings is 2. The number of pyridine rings is 1. The number of ether oxygens (including phenoxy) is 1. The van der Waals surface area contributed by atoms with Crippen LogP contribution in [0.15, 0.2) is 81.1 Å². The molecule has 174 valence electrons. The van der Waals surface area contributed by atoms with Gasteiger partial charge in [-0.1, -0.05) is 35.9 Å². The summed E-state index contributed by atoms with van der Waals surface area (Å²) in [7, 11) is 0. The average Bonchev–Trinajstić information content (AvgIpc) is 3.39. The van der Waals surface area contributed by atoms with Crippen LogP contribution in [0.25, 0.3) is 16.5 Å². The first-order valence-electron chi connectivity index (χ1n) is 11.1. The maximum absolute atomic E-state index is 13.2. The minimum absolute atomic E-state index is 0.0533. The highest BCUT2D eigenvalue weighted by molar-refractivity contribution is 6.30. The third-order valence-electron chi connectivity index (χ3n) is 6.03. The van der Waals surface area contributed by atoms with Crippen molar-refractivity contribution in [3.63, 3.8) is 0 Å². The first-order valence-corrected chi connectivity index (χ1v) is 11.5. The molecular weight excluding hydrogens is 454 g/mol. The van der Waals surface area contributed by atoms with Gasteiger partial charge in [0.05, 0.1) is 43.3 Å². The molecule has 0 saturated carbocycles.